The fraction of sp³-hybridized carbons (Fsp3) is 0.500. The molecule has 1 aromatic carbocycles. The van der Waals surface area contributed by atoms with Crippen LogP contribution >= 0.6 is 24.0 Å². The Morgan fingerprint density at radius 3 is 2.64 bits per heavy atom. The normalized spacial score (nSPS) is 16.0. The van der Waals surface area contributed by atoms with Gasteiger partial charge in [0.2, 0.25) is 0 Å². The van der Waals surface area contributed by atoms with E-state index in [1.807, 2.05) is 12.3 Å². The van der Waals surface area contributed by atoms with Crippen LogP contribution < -0.4 is 10.6 Å². The van der Waals surface area contributed by atoms with E-state index in [0.717, 1.165) is 24.6 Å². The summed E-state index contributed by atoms with van der Waals surface area (Å²) in [5.74, 6) is 0.908. The van der Waals surface area contributed by atoms with Gasteiger partial charge in [-0.05, 0) is 43.2 Å². The molecule has 4 nitrogen and oxygen atoms in total. The molecule has 1 heterocycles. The van der Waals surface area contributed by atoms with Crippen molar-refractivity contribution >= 4 is 40.8 Å². The highest BCUT2D eigenvalue weighted by molar-refractivity contribution is 14.0. The van der Waals surface area contributed by atoms with Crippen LogP contribution in [0.4, 0.5) is 0 Å². The van der Waals surface area contributed by atoms with Crippen LogP contribution in [0.25, 0.3) is 10.9 Å². The molecule has 136 valence electrons. The van der Waals surface area contributed by atoms with Gasteiger partial charge in [-0.1, -0.05) is 37.6 Å². The number of nitrogens with one attached hydrogen (secondary N) is 2. The molecule has 1 fully saturated rings. The molecule has 1 aliphatic rings. The monoisotopic (exact) mass is 452 g/mol. The Kier molecular flexibility index (Phi) is 7.47. The fourth-order valence-corrected chi connectivity index (χ4v) is 3.40. The van der Waals surface area contributed by atoms with Crippen molar-refractivity contribution < 1.29 is 0 Å². The second kappa shape index (κ2) is 9.36. The fourth-order valence-electron chi connectivity index (χ4n) is 3.40. The molecule has 1 aliphatic carbocycles. The zero-order chi connectivity index (χ0) is 16.8. The van der Waals surface area contributed by atoms with Crippen LogP contribution in [0.1, 0.15) is 45.1 Å². The number of para-hydroxylation sites is 1. The van der Waals surface area contributed by atoms with Gasteiger partial charge < -0.3 is 10.6 Å². The van der Waals surface area contributed by atoms with E-state index in [1.54, 1.807) is 0 Å². The predicted molar refractivity (Wildman–Crippen MR) is 117 cm³/mol. The lowest BCUT2D eigenvalue weighted by molar-refractivity contribution is 0.131. The SMILES string of the molecule is CCNC(=NCc1cccc2cccnc12)NCC1(CC)CCC1.I. The standard InChI is InChI=1S/C20H28N4.HI/c1-3-20(11-7-12-20)15-24-19(21-4-2)23-14-17-9-5-8-16-10-6-13-22-18(16)17;/h5-6,8-10,13H,3-4,7,11-12,14-15H2,1-2H3,(H2,21,23,24);1H. The summed E-state index contributed by atoms with van der Waals surface area (Å²) >= 11 is 0. The lowest BCUT2D eigenvalue weighted by Crippen LogP contribution is -2.46. The minimum Gasteiger partial charge on any atom is -0.357 e. The summed E-state index contributed by atoms with van der Waals surface area (Å²) in [5, 5.41) is 8.08. The maximum absolute atomic E-state index is 4.78. The molecular formula is C20H29IN4. The number of hydrogen-bond acceptors (Lipinski definition) is 2. The van der Waals surface area contributed by atoms with Gasteiger partial charge >= 0.3 is 0 Å². The van der Waals surface area contributed by atoms with E-state index in [9.17, 15) is 0 Å². The maximum Gasteiger partial charge on any atom is 0.191 e. The maximum atomic E-state index is 4.78. The van der Waals surface area contributed by atoms with Crippen molar-refractivity contribution in [3.8, 4) is 0 Å². The highest BCUT2D eigenvalue weighted by atomic mass is 127. The third-order valence-electron chi connectivity index (χ3n) is 5.26. The van der Waals surface area contributed by atoms with Crippen molar-refractivity contribution in [2.45, 2.75) is 46.1 Å². The van der Waals surface area contributed by atoms with Crippen molar-refractivity contribution in [2.75, 3.05) is 13.1 Å². The smallest absolute Gasteiger partial charge is 0.191 e. The lowest BCUT2D eigenvalue weighted by atomic mass is 9.67. The van der Waals surface area contributed by atoms with E-state index >= 15 is 0 Å². The van der Waals surface area contributed by atoms with Crippen molar-refractivity contribution in [3.05, 3.63) is 42.1 Å². The summed E-state index contributed by atoms with van der Waals surface area (Å²) in [6, 6.07) is 10.4. The van der Waals surface area contributed by atoms with E-state index in [1.165, 1.54) is 36.6 Å². The summed E-state index contributed by atoms with van der Waals surface area (Å²) in [6.45, 7) is 6.94. The molecule has 25 heavy (non-hydrogen) atoms. The molecule has 2 aromatic rings. The van der Waals surface area contributed by atoms with Gasteiger partial charge in [-0.3, -0.25) is 4.98 Å². The Morgan fingerprint density at radius 1 is 1.16 bits per heavy atom. The second-order valence-electron chi connectivity index (χ2n) is 6.75. The third kappa shape index (κ3) is 4.84. The molecule has 0 saturated heterocycles. The summed E-state index contributed by atoms with van der Waals surface area (Å²) in [7, 11) is 0. The summed E-state index contributed by atoms with van der Waals surface area (Å²) in [6.07, 6.45) is 7.13. The van der Waals surface area contributed by atoms with Gasteiger partial charge in [0.15, 0.2) is 5.96 Å². The number of halogens is 1. The number of pyridine rings is 1. The molecule has 3 rings (SSSR count). The quantitative estimate of drug-likeness (QED) is 0.386. The van der Waals surface area contributed by atoms with E-state index in [2.05, 4.69) is 53.7 Å². The Morgan fingerprint density at radius 2 is 1.96 bits per heavy atom. The third-order valence-corrected chi connectivity index (χ3v) is 5.26. The van der Waals surface area contributed by atoms with Gasteiger partial charge in [-0.25, -0.2) is 4.99 Å². The largest absolute Gasteiger partial charge is 0.357 e. The first kappa shape index (κ1) is 19.9. The number of hydrogen-bond donors (Lipinski definition) is 2. The molecule has 2 N–H and O–H groups in total. The Hall–Kier alpha value is -1.37. The number of benzene rings is 1. The summed E-state index contributed by atoms with van der Waals surface area (Å²) in [4.78, 5) is 9.30. The van der Waals surface area contributed by atoms with Crippen molar-refractivity contribution in [2.24, 2.45) is 10.4 Å². The highest BCUT2D eigenvalue weighted by Gasteiger charge is 2.34. The molecule has 5 heteroatoms. The van der Waals surface area contributed by atoms with E-state index in [4.69, 9.17) is 4.99 Å². The van der Waals surface area contributed by atoms with Crippen LogP contribution in [-0.2, 0) is 6.54 Å². The zero-order valence-electron chi connectivity index (χ0n) is 15.2. The number of aromatic nitrogens is 1. The molecule has 0 unspecified atom stereocenters. The zero-order valence-corrected chi connectivity index (χ0v) is 17.5. The molecule has 0 aliphatic heterocycles. The van der Waals surface area contributed by atoms with Crippen LogP contribution in [0.15, 0.2) is 41.5 Å². The number of guanidine groups is 1. The van der Waals surface area contributed by atoms with E-state index in [-0.39, 0.29) is 24.0 Å². The average molecular weight is 452 g/mol. The first-order valence-corrected chi connectivity index (χ1v) is 9.11. The number of aliphatic imine (C=N–C) groups is 1. The minimum absolute atomic E-state index is 0. The number of nitrogens with zero attached hydrogens (tertiary/aromatic N) is 2. The van der Waals surface area contributed by atoms with Crippen molar-refractivity contribution in [3.63, 3.8) is 0 Å². The lowest BCUT2D eigenvalue weighted by Gasteiger charge is -2.41. The summed E-state index contributed by atoms with van der Waals surface area (Å²) in [5.41, 5.74) is 2.69. The van der Waals surface area contributed by atoms with Crippen LogP contribution in [0.5, 0.6) is 0 Å². The Labute approximate surface area is 167 Å². The van der Waals surface area contributed by atoms with Crippen LogP contribution in [0.2, 0.25) is 0 Å². The first-order valence-electron chi connectivity index (χ1n) is 9.11. The summed E-state index contributed by atoms with van der Waals surface area (Å²) < 4.78 is 0. The van der Waals surface area contributed by atoms with Crippen LogP contribution in [-0.4, -0.2) is 24.0 Å². The topological polar surface area (TPSA) is 49.3 Å². The van der Waals surface area contributed by atoms with Crippen LogP contribution in [0.3, 0.4) is 0 Å². The molecular weight excluding hydrogens is 423 g/mol. The van der Waals surface area contributed by atoms with Crippen molar-refractivity contribution in [1.29, 1.82) is 0 Å². The van der Waals surface area contributed by atoms with Crippen LogP contribution in [0, 0.1) is 5.41 Å². The molecule has 0 atom stereocenters. The first-order chi connectivity index (χ1) is 11.8. The number of rotatable bonds is 6. The number of fused-ring (bicyclic) bond motifs is 1. The van der Waals surface area contributed by atoms with Gasteiger partial charge in [0.05, 0.1) is 12.1 Å². The predicted octanol–water partition coefficient (Wildman–Crippen LogP) is 4.49. The molecule has 0 radical (unpaired) electrons. The van der Waals surface area contributed by atoms with Gasteiger partial charge in [0.1, 0.15) is 0 Å². The molecule has 1 aromatic heterocycles. The molecule has 1 saturated carbocycles. The van der Waals surface area contributed by atoms with Gasteiger partial charge in [0, 0.05) is 24.7 Å². The van der Waals surface area contributed by atoms with Gasteiger partial charge in [0.25, 0.3) is 0 Å². The van der Waals surface area contributed by atoms with E-state index in [0.29, 0.717) is 12.0 Å². The molecule has 0 spiro atoms. The average Bonchev–Trinajstić information content (AvgIpc) is 2.59. The van der Waals surface area contributed by atoms with Gasteiger partial charge in [-0.15, -0.1) is 24.0 Å². The van der Waals surface area contributed by atoms with Gasteiger partial charge in [-0.2, -0.15) is 0 Å². The van der Waals surface area contributed by atoms with Crippen molar-refractivity contribution in [1.82, 2.24) is 15.6 Å². The second-order valence-corrected chi connectivity index (χ2v) is 6.75. The molecule has 0 amide bonds. The Bertz CT molecular complexity index is 699. The van der Waals surface area contributed by atoms with E-state index < -0.39 is 0 Å². The highest BCUT2D eigenvalue weighted by Crippen LogP contribution is 2.42. The molecule has 0 bridgehead atoms. The minimum atomic E-state index is 0. The Balaban J connectivity index is 0.00000225.